The van der Waals surface area contributed by atoms with Gasteiger partial charge in [0.1, 0.15) is 5.82 Å². The number of benzene rings is 2. The van der Waals surface area contributed by atoms with E-state index in [4.69, 9.17) is 4.52 Å². The van der Waals surface area contributed by atoms with Crippen LogP contribution in [0.5, 0.6) is 0 Å². The zero-order valence-electron chi connectivity index (χ0n) is 15.7. The number of halogens is 1. The Morgan fingerprint density at radius 2 is 1.80 bits per heavy atom. The number of hydrogen-bond acceptors (Lipinski definition) is 7. The Bertz CT molecular complexity index is 1110. The summed E-state index contributed by atoms with van der Waals surface area (Å²) in [6.07, 6.45) is 0. The van der Waals surface area contributed by atoms with Gasteiger partial charge in [0, 0.05) is 30.3 Å². The van der Waals surface area contributed by atoms with Gasteiger partial charge in [-0.15, -0.1) is 0 Å². The molecule has 1 heterocycles. The fourth-order valence-electron chi connectivity index (χ4n) is 2.66. The first-order valence-corrected chi connectivity index (χ1v) is 8.77. The minimum atomic E-state index is -0.683. The maximum Gasteiger partial charge on any atom is 0.316 e. The summed E-state index contributed by atoms with van der Waals surface area (Å²) >= 11 is 0. The monoisotopic (exact) mass is 413 g/mol. The minimum absolute atomic E-state index is 0.0343. The molecule has 0 bridgehead atoms. The smallest absolute Gasteiger partial charge is 0.316 e. The summed E-state index contributed by atoms with van der Waals surface area (Å²) in [6, 6.07) is 9.94. The fourth-order valence-corrected chi connectivity index (χ4v) is 2.66. The molecule has 2 aromatic carbocycles. The van der Waals surface area contributed by atoms with E-state index in [2.05, 4.69) is 20.8 Å². The topological polar surface area (TPSA) is 140 Å². The van der Waals surface area contributed by atoms with Crippen molar-refractivity contribution < 1.29 is 23.4 Å². The number of nitrogens with one attached hydrogen (secondary N) is 2. The summed E-state index contributed by atoms with van der Waals surface area (Å²) in [5.41, 5.74) is 0.502. The second kappa shape index (κ2) is 8.90. The van der Waals surface area contributed by atoms with Crippen LogP contribution in [0.3, 0.4) is 0 Å². The van der Waals surface area contributed by atoms with Crippen molar-refractivity contribution in [2.24, 2.45) is 0 Å². The number of nitro groups is 1. The third kappa shape index (κ3) is 4.46. The van der Waals surface area contributed by atoms with E-state index in [1.165, 1.54) is 36.4 Å². The summed E-state index contributed by atoms with van der Waals surface area (Å²) in [6.45, 7) is 1.62. The van der Waals surface area contributed by atoms with Gasteiger partial charge in [-0.25, -0.2) is 4.39 Å². The van der Waals surface area contributed by atoms with E-state index in [0.29, 0.717) is 11.1 Å². The summed E-state index contributed by atoms with van der Waals surface area (Å²) in [5, 5.41) is 19.7. The molecule has 2 N–H and O–H groups in total. The largest absolute Gasteiger partial charge is 0.350 e. The molecule has 0 saturated carbocycles. The molecule has 0 atom stereocenters. The van der Waals surface area contributed by atoms with E-state index in [0.717, 1.165) is 0 Å². The van der Waals surface area contributed by atoms with Gasteiger partial charge < -0.3 is 15.2 Å². The van der Waals surface area contributed by atoms with Crippen molar-refractivity contribution in [2.45, 2.75) is 6.92 Å². The molecule has 154 valence electrons. The molecule has 0 fully saturated rings. The van der Waals surface area contributed by atoms with Crippen LogP contribution in [-0.2, 0) is 0 Å². The van der Waals surface area contributed by atoms with Crippen LogP contribution in [0.4, 0.5) is 10.1 Å². The molecule has 0 unspecified atom stereocenters. The highest BCUT2D eigenvalue weighted by Gasteiger charge is 2.20. The number of amides is 2. The fraction of sp³-hybridized carbons (Fsp3) is 0.158. The van der Waals surface area contributed by atoms with Gasteiger partial charge in [0.05, 0.1) is 10.5 Å². The number of carbonyl (C=O) groups is 2. The number of carbonyl (C=O) groups excluding carboxylic acids is 2. The maximum absolute atomic E-state index is 13.5. The Kier molecular flexibility index (Phi) is 6.11. The average molecular weight is 413 g/mol. The van der Waals surface area contributed by atoms with Crippen molar-refractivity contribution in [1.29, 1.82) is 0 Å². The molecule has 1 aromatic heterocycles. The maximum atomic E-state index is 13.5. The van der Waals surface area contributed by atoms with Crippen molar-refractivity contribution in [1.82, 2.24) is 20.8 Å². The number of rotatable bonds is 7. The summed E-state index contributed by atoms with van der Waals surface area (Å²) in [4.78, 5) is 38.5. The number of hydrogen-bond donors (Lipinski definition) is 2. The average Bonchev–Trinajstić information content (AvgIpc) is 3.21. The van der Waals surface area contributed by atoms with E-state index in [1.54, 1.807) is 13.0 Å². The van der Waals surface area contributed by atoms with Gasteiger partial charge >= 0.3 is 11.8 Å². The molecule has 0 aliphatic carbocycles. The molecular formula is C19H16FN5O5. The molecule has 10 nitrogen and oxygen atoms in total. The molecule has 11 heteroatoms. The Balaban J connectivity index is 1.57. The van der Waals surface area contributed by atoms with E-state index in [-0.39, 0.29) is 36.1 Å². The highest BCUT2D eigenvalue weighted by Crippen LogP contribution is 2.27. The van der Waals surface area contributed by atoms with E-state index in [9.17, 15) is 24.1 Å². The van der Waals surface area contributed by atoms with Crippen LogP contribution in [-0.4, -0.2) is 40.0 Å². The van der Waals surface area contributed by atoms with Crippen LogP contribution in [0.2, 0.25) is 0 Å². The lowest BCUT2D eigenvalue weighted by Gasteiger charge is -2.06. The summed E-state index contributed by atoms with van der Waals surface area (Å²) in [7, 11) is 0. The minimum Gasteiger partial charge on any atom is -0.350 e. The molecule has 2 amide bonds. The third-order valence-corrected chi connectivity index (χ3v) is 4.18. The van der Waals surface area contributed by atoms with Gasteiger partial charge in [-0.05, 0) is 19.1 Å². The first kappa shape index (κ1) is 20.6. The molecule has 0 spiro atoms. The van der Waals surface area contributed by atoms with Gasteiger partial charge in [-0.1, -0.05) is 29.4 Å². The molecule has 0 aliphatic rings. The van der Waals surface area contributed by atoms with Crippen LogP contribution >= 0.6 is 0 Å². The van der Waals surface area contributed by atoms with Gasteiger partial charge in [0.15, 0.2) is 0 Å². The van der Waals surface area contributed by atoms with Crippen LogP contribution in [0.1, 0.15) is 26.6 Å². The van der Waals surface area contributed by atoms with Crippen LogP contribution in [0.15, 0.2) is 47.0 Å². The lowest BCUT2D eigenvalue weighted by atomic mass is 10.1. The van der Waals surface area contributed by atoms with Gasteiger partial charge in [0.2, 0.25) is 5.82 Å². The molecular weight excluding hydrogens is 397 g/mol. The SMILES string of the molecule is Cc1c(-c2noc(C(=O)NCCNC(=O)c3ccccc3F)n2)cccc1[N+](=O)[O-]. The standard InChI is InChI=1S/C19H16FN5O5/c1-11-12(6-4-8-15(11)25(28)29)16-23-19(30-24-16)18(27)22-10-9-21-17(26)13-5-2-3-7-14(13)20/h2-8H,9-10H2,1H3,(H,21,26)(H,22,27). The Morgan fingerprint density at radius 1 is 1.10 bits per heavy atom. The van der Waals surface area contributed by atoms with Crippen molar-refractivity contribution in [3.05, 3.63) is 75.4 Å². The third-order valence-electron chi connectivity index (χ3n) is 4.18. The second-order valence-electron chi connectivity index (χ2n) is 6.12. The lowest BCUT2D eigenvalue weighted by molar-refractivity contribution is -0.385. The molecule has 3 rings (SSSR count). The summed E-state index contributed by atoms with van der Waals surface area (Å²) in [5.74, 6) is -2.24. The second-order valence-corrected chi connectivity index (χ2v) is 6.12. The van der Waals surface area contributed by atoms with Crippen molar-refractivity contribution >= 4 is 17.5 Å². The Labute approximate surface area is 169 Å². The molecule has 0 aliphatic heterocycles. The first-order valence-electron chi connectivity index (χ1n) is 8.77. The normalized spacial score (nSPS) is 10.5. The zero-order valence-corrected chi connectivity index (χ0v) is 15.7. The molecule has 0 saturated heterocycles. The van der Waals surface area contributed by atoms with Crippen molar-refractivity contribution in [3.8, 4) is 11.4 Å². The molecule has 3 aromatic rings. The molecule has 30 heavy (non-hydrogen) atoms. The predicted octanol–water partition coefficient (Wildman–Crippen LogP) is 2.25. The Hall–Kier alpha value is -4.15. The van der Waals surface area contributed by atoms with Crippen molar-refractivity contribution in [2.75, 3.05) is 13.1 Å². The quantitative estimate of drug-likeness (QED) is 0.344. The van der Waals surface area contributed by atoms with Gasteiger partial charge in [0.25, 0.3) is 11.6 Å². The number of nitrogens with zero attached hydrogens (tertiary/aromatic N) is 3. The number of aromatic nitrogens is 2. The predicted molar refractivity (Wildman–Crippen MR) is 102 cm³/mol. The van der Waals surface area contributed by atoms with Crippen LogP contribution < -0.4 is 10.6 Å². The Morgan fingerprint density at radius 3 is 2.50 bits per heavy atom. The van der Waals surface area contributed by atoms with Crippen LogP contribution in [0, 0.1) is 22.9 Å². The summed E-state index contributed by atoms with van der Waals surface area (Å²) < 4.78 is 18.5. The lowest BCUT2D eigenvalue weighted by Crippen LogP contribution is -2.35. The van der Waals surface area contributed by atoms with E-state index < -0.39 is 22.6 Å². The highest BCUT2D eigenvalue weighted by molar-refractivity contribution is 5.94. The molecule has 0 radical (unpaired) electrons. The highest BCUT2D eigenvalue weighted by atomic mass is 19.1. The van der Waals surface area contributed by atoms with E-state index >= 15 is 0 Å². The van der Waals surface area contributed by atoms with E-state index in [1.807, 2.05) is 0 Å². The van der Waals surface area contributed by atoms with Gasteiger partial charge in [-0.2, -0.15) is 4.98 Å². The first-order chi connectivity index (χ1) is 14.4. The zero-order chi connectivity index (χ0) is 21.7. The van der Waals surface area contributed by atoms with Gasteiger partial charge in [-0.3, -0.25) is 19.7 Å². The van der Waals surface area contributed by atoms with Crippen LogP contribution in [0.25, 0.3) is 11.4 Å². The number of nitro benzene ring substituents is 1. The van der Waals surface area contributed by atoms with Crippen molar-refractivity contribution in [3.63, 3.8) is 0 Å².